The lowest BCUT2D eigenvalue weighted by atomic mass is 10.0. The van der Waals surface area contributed by atoms with Crippen molar-refractivity contribution < 1.29 is 19.1 Å². The van der Waals surface area contributed by atoms with Crippen LogP contribution in [0.4, 0.5) is 5.82 Å². The predicted molar refractivity (Wildman–Crippen MR) is 106 cm³/mol. The van der Waals surface area contributed by atoms with Gasteiger partial charge in [0.1, 0.15) is 11.9 Å². The molecule has 8 heteroatoms. The minimum atomic E-state index is -0.879. The number of hydrogen-bond donors (Lipinski definition) is 2. The van der Waals surface area contributed by atoms with Crippen molar-refractivity contribution in [2.45, 2.75) is 26.8 Å². The molecule has 2 rings (SSSR count). The van der Waals surface area contributed by atoms with Gasteiger partial charge in [-0.15, -0.1) is 0 Å². The molecule has 0 radical (unpaired) electrons. The monoisotopic (exact) mass is 403 g/mol. The number of benzene rings is 1. The van der Waals surface area contributed by atoms with Crippen LogP contribution in [0.5, 0.6) is 0 Å². The van der Waals surface area contributed by atoms with E-state index in [4.69, 9.17) is 16.3 Å². The molecule has 0 spiro atoms. The number of aryl methyl sites for hydroxylation is 1. The lowest BCUT2D eigenvalue weighted by Crippen LogP contribution is -2.45. The van der Waals surface area contributed by atoms with Crippen LogP contribution in [0, 0.1) is 12.8 Å². The van der Waals surface area contributed by atoms with Crippen LogP contribution in [0.2, 0.25) is 5.02 Å². The van der Waals surface area contributed by atoms with E-state index in [9.17, 15) is 14.4 Å². The molecule has 0 fully saturated rings. The number of anilines is 1. The van der Waals surface area contributed by atoms with Gasteiger partial charge in [-0.2, -0.15) is 0 Å². The van der Waals surface area contributed by atoms with E-state index in [1.54, 1.807) is 32.0 Å². The molecule has 1 aromatic heterocycles. The van der Waals surface area contributed by atoms with Crippen LogP contribution in [-0.2, 0) is 14.3 Å². The summed E-state index contributed by atoms with van der Waals surface area (Å²) in [6, 6.07) is 9.21. The highest BCUT2D eigenvalue weighted by molar-refractivity contribution is 6.30. The van der Waals surface area contributed by atoms with Gasteiger partial charge < -0.3 is 15.4 Å². The lowest BCUT2D eigenvalue weighted by Gasteiger charge is -2.20. The van der Waals surface area contributed by atoms with Crippen LogP contribution >= 0.6 is 11.6 Å². The summed E-state index contributed by atoms with van der Waals surface area (Å²) in [5.41, 5.74) is 1.47. The number of ether oxygens (including phenoxy) is 1. The topological polar surface area (TPSA) is 97.4 Å². The fraction of sp³-hybridized carbons (Fsp3) is 0.300. The van der Waals surface area contributed by atoms with Crippen molar-refractivity contribution in [2.24, 2.45) is 5.92 Å². The summed E-state index contributed by atoms with van der Waals surface area (Å²) in [7, 11) is 0. The number of carbonyl (C=O) groups excluding carboxylic acids is 3. The maximum atomic E-state index is 12.4. The summed E-state index contributed by atoms with van der Waals surface area (Å²) < 4.78 is 5.06. The van der Waals surface area contributed by atoms with Gasteiger partial charge in [-0.3, -0.25) is 9.59 Å². The first-order valence-electron chi connectivity index (χ1n) is 8.72. The van der Waals surface area contributed by atoms with Gasteiger partial charge in [0.05, 0.1) is 5.02 Å². The fourth-order valence-electron chi connectivity index (χ4n) is 2.28. The molecule has 1 aromatic carbocycles. The van der Waals surface area contributed by atoms with E-state index >= 15 is 0 Å². The first kappa shape index (κ1) is 21.4. The third-order valence-electron chi connectivity index (χ3n) is 3.86. The van der Waals surface area contributed by atoms with Crippen LogP contribution in [-0.4, -0.2) is 35.4 Å². The smallest absolute Gasteiger partial charge is 0.329 e. The van der Waals surface area contributed by atoms with Crippen molar-refractivity contribution in [1.29, 1.82) is 0 Å². The van der Waals surface area contributed by atoms with E-state index in [0.29, 0.717) is 16.4 Å². The first-order valence-corrected chi connectivity index (χ1v) is 9.09. The number of nitrogens with one attached hydrogen (secondary N) is 2. The molecule has 0 aliphatic carbocycles. The van der Waals surface area contributed by atoms with Crippen molar-refractivity contribution in [3.05, 3.63) is 58.7 Å². The van der Waals surface area contributed by atoms with Gasteiger partial charge in [-0.05, 0) is 37.1 Å². The molecular weight excluding hydrogens is 382 g/mol. The minimum Gasteiger partial charge on any atom is -0.454 e. The SMILES string of the molecule is Cc1ccc(C(=O)N[C@H](C(=O)OCC(=O)Nc2ccc(Cl)cn2)C(C)C)cc1. The zero-order valence-electron chi connectivity index (χ0n) is 15.9. The van der Waals surface area contributed by atoms with Gasteiger partial charge in [-0.25, -0.2) is 9.78 Å². The van der Waals surface area contributed by atoms with Crippen LogP contribution in [0.1, 0.15) is 29.8 Å². The standard InChI is InChI=1S/C20H22ClN3O4/c1-12(2)18(24-19(26)14-6-4-13(3)5-7-14)20(27)28-11-17(25)23-16-9-8-15(21)10-22-16/h4-10,12,18H,11H2,1-3H3,(H,24,26)(H,22,23,25)/t18-/m0/s1. The molecule has 0 saturated carbocycles. The second-order valence-electron chi connectivity index (χ2n) is 6.58. The van der Waals surface area contributed by atoms with E-state index in [-0.39, 0.29) is 11.8 Å². The normalized spacial score (nSPS) is 11.6. The summed E-state index contributed by atoms with van der Waals surface area (Å²) in [4.78, 5) is 40.6. The Kier molecular flexibility index (Phi) is 7.52. The molecule has 0 aliphatic heterocycles. The minimum absolute atomic E-state index is 0.220. The molecule has 28 heavy (non-hydrogen) atoms. The highest BCUT2D eigenvalue weighted by Crippen LogP contribution is 2.10. The van der Waals surface area contributed by atoms with E-state index < -0.39 is 24.5 Å². The van der Waals surface area contributed by atoms with Crippen LogP contribution in [0.25, 0.3) is 0 Å². The van der Waals surface area contributed by atoms with E-state index in [1.165, 1.54) is 12.3 Å². The quantitative estimate of drug-likeness (QED) is 0.692. The highest BCUT2D eigenvalue weighted by Gasteiger charge is 2.26. The summed E-state index contributed by atoms with van der Waals surface area (Å²) in [5, 5.41) is 5.59. The van der Waals surface area contributed by atoms with Crippen LogP contribution < -0.4 is 10.6 Å². The highest BCUT2D eigenvalue weighted by atomic mass is 35.5. The molecule has 7 nitrogen and oxygen atoms in total. The molecule has 0 bridgehead atoms. The molecule has 148 valence electrons. The summed E-state index contributed by atoms with van der Waals surface area (Å²) >= 11 is 5.73. The maximum absolute atomic E-state index is 12.4. The van der Waals surface area contributed by atoms with E-state index in [2.05, 4.69) is 15.6 Å². The van der Waals surface area contributed by atoms with Crippen molar-refractivity contribution in [3.8, 4) is 0 Å². The van der Waals surface area contributed by atoms with Gasteiger partial charge in [0.25, 0.3) is 11.8 Å². The number of rotatable bonds is 7. The van der Waals surface area contributed by atoms with Crippen molar-refractivity contribution in [2.75, 3.05) is 11.9 Å². The van der Waals surface area contributed by atoms with Crippen LogP contribution in [0.15, 0.2) is 42.6 Å². The summed E-state index contributed by atoms with van der Waals surface area (Å²) in [6.07, 6.45) is 1.39. The second-order valence-corrected chi connectivity index (χ2v) is 7.02. The zero-order chi connectivity index (χ0) is 20.7. The Morgan fingerprint density at radius 1 is 1.11 bits per heavy atom. The predicted octanol–water partition coefficient (Wildman–Crippen LogP) is 2.98. The van der Waals surface area contributed by atoms with Crippen molar-refractivity contribution >= 4 is 35.2 Å². The third kappa shape index (κ3) is 6.35. The number of nitrogens with zero attached hydrogens (tertiary/aromatic N) is 1. The number of carbonyl (C=O) groups is 3. The second kappa shape index (κ2) is 9.85. The van der Waals surface area contributed by atoms with Crippen molar-refractivity contribution in [1.82, 2.24) is 10.3 Å². The largest absolute Gasteiger partial charge is 0.454 e. The molecule has 1 heterocycles. The Morgan fingerprint density at radius 2 is 1.79 bits per heavy atom. The number of pyridine rings is 1. The Labute approximate surface area is 168 Å². The van der Waals surface area contributed by atoms with Crippen molar-refractivity contribution in [3.63, 3.8) is 0 Å². The molecule has 2 N–H and O–H groups in total. The zero-order valence-corrected chi connectivity index (χ0v) is 16.6. The fourth-order valence-corrected chi connectivity index (χ4v) is 2.39. The summed E-state index contributed by atoms with van der Waals surface area (Å²) in [5.74, 6) is -1.54. The van der Waals surface area contributed by atoms with E-state index in [1.807, 2.05) is 19.1 Å². The Balaban J connectivity index is 1.91. The van der Waals surface area contributed by atoms with Gasteiger partial charge in [0.2, 0.25) is 0 Å². The molecule has 0 saturated heterocycles. The van der Waals surface area contributed by atoms with Gasteiger partial charge in [0.15, 0.2) is 6.61 Å². The lowest BCUT2D eigenvalue weighted by molar-refractivity contribution is -0.150. The van der Waals surface area contributed by atoms with Gasteiger partial charge in [0, 0.05) is 11.8 Å². The molecule has 0 unspecified atom stereocenters. The Hall–Kier alpha value is -2.93. The number of amides is 2. The molecule has 2 aromatic rings. The number of esters is 1. The van der Waals surface area contributed by atoms with Crippen LogP contribution in [0.3, 0.4) is 0 Å². The van der Waals surface area contributed by atoms with E-state index in [0.717, 1.165) is 5.56 Å². The molecular formula is C20H22ClN3O4. The Morgan fingerprint density at radius 3 is 2.36 bits per heavy atom. The van der Waals surface area contributed by atoms with Gasteiger partial charge in [-0.1, -0.05) is 43.1 Å². The third-order valence-corrected chi connectivity index (χ3v) is 4.08. The molecule has 1 atom stereocenters. The Bertz CT molecular complexity index is 836. The molecule has 2 amide bonds. The number of halogens is 1. The average molecular weight is 404 g/mol. The maximum Gasteiger partial charge on any atom is 0.329 e. The number of aromatic nitrogens is 1. The molecule has 0 aliphatic rings. The van der Waals surface area contributed by atoms with Gasteiger partial charge >= 0.3 is 5.97 Å². The number of hydrogen-bond acceptors (Lipinski definition) is 5. The first-order chi connectivity index (χ1) is 13.3. The summed E-state index contributed by atoms with van der Waals surface area (Å²) in [6.45, 7) is 4.98. The average Bonchev–Trinajstić information content (AvgIpc) is 2.66.